The summed E-state index contributed by atoms with van der Waals surface area (Å²) in [5.41, 5.74) is 0.701. The molecular formula is C14H15Cl2NO4. The van der Waals surface area contributed by atoms with E-state index in [1.54, 1.807) is 12.1 Å². The van der Waals surface area contributed by atoms with Crippen molar-refractivity contribution in [1.82, 2.24) is 4.90 Å². The number of likely N-dealkylation sites (tertiary alicyclic amines) is 1. The van der Waals surface area contributed by atoms with Gasteiger partial charge in [-0.15, -0.1) is 0 Å². The number of carbonyl (C=O) groups is 2. The lowest BCUT2D eigenvalue weighted by atomic mass is 9.97. The predicted octanol–water partition coefficient (Wildman–Crippen LogP) is 2.49. The molecule has 1 heterocycles. The van der Waals surface area contributed by atoms with Crippen LogP contribution in [0.3, 0.4) is 0 Å². The van der Waals surface area contributed by atoms with Gasteiger partial charge in [0.05, 0.1) is 24.3 Å². The molecule has 1 aromatic rings. The Hall–Kier alpha value is -1.46. The van der Waals surface area contributed by atoms with Crippen molar-refractivity contribution < 1.29 is 19.1 Å². The molecule has 1 aliphatic heterocycles. The summed E-state index contributed by atoms with van der Waals surface area (Å²) in [5.74, 6) is -0.151. The molecule has 0 radical (unpaired) electrons. The van der Waals surface area contributed by atoms with E-state index in [-0.39, 0.29) is 24.8 Å². The standard InChI is InChI=1S/C14H15Cl2NO4/c1-20-10-4-3-9(15)14(16)13(10)8-5-11(18)17(6-8)7-12(19)21-2/h3-4,8H,5-7H2,1-2H3. The van der Waals surface area contributed by atoms with Crippen LogP contribution in [0.25, 0.3) is 0 Å². The van der Waals surface area contributed by atoms with Crippen LogP contribution in [0.5, 0.6) is 5.75 Å². The number of ether oxygens (including phenoxy) is 2. The monoisotopic (exact) mass is 331 g/mol. The number of rotatable bonds is 4. The fourth-order valence-electron chi connectivity index (χ4n) is 2.45. The van der Waals surface area contributed by atoms with Crippen LogP contribution < -0.4 is 4.74 Å². The van der Waals surface area contributed by atoms with Crippen LogP contribution in [-0.2, 0) is 14.3 Å². The maximum absolute atomic E-state index is 12.0. The number of methoxy groups -OCH3 is 2. The highest BCUT2D eigenvalue weighted by Crippen LogP contribution is 2.41. The maximum atomic E-state index is 12.0. The lowest BCUT2D eigenvalue weighted by Crippen LogP contribution is -2.31. The average molecular weight is 332 g/mol. The zero-order valence-electron chi connectivity index (χ0n) is 11.7. The van der Waals surface area contributed by atoms with Gasteiger partial charge in [-0.2, -0.15) is 0 Å². The number of carbonyl (C=O) groups excluding carboxylic acids is 2. The van der Waals surface area contributed by atoms with E-state index in [4.69, 9.17) is 27.9 Å². The van der Waals surface area contributed by atoms with E-state index in [1.165, 1.54) is 19.1 Å². The topological polar surface area (TPSA) is 55.8 Å². The van der Waals surface area contributed by atoms with Crippen LogP contribution in [0.1, 0.15) is 17.9 Å². The van der Waals surface area contributed by atoms with Crippen molar-refractivity contribution in [3.63, 3.8) is 0 Å². The minimum absolute atomic E-state index is 0.0632. The summed E-state index contributed by atoms with van der Waals surface area (Å²) in [7, 11) is 2.82. The van der Waals surface area contributed by atoms with Gasteiger partial charge in [-0.05, 0) is 12.1 Å². The molecule has 1 saturated heterocycles. The lowest BCUT2D eigenvalue weighted by Gasteiger charge is -2.18. The molecule has 0 saturated carbocycles. The van der Waals surface area contributed by atoms with Gasteiger partial charge in [0.25, 0.3) is 0 Å². The molecule has 2 rings (SSSR count). The Morgan fingerprint density at radius 3 is 2.71 bits per heavy atom. The summed E-state index contributed by atoms with van der Waals surface area (Å²) in [6.45, 7) is 0.316. The van der Waals surface area contributed by atoms with Crippen molar-refractivity contribution in [2.24, 2.45) is 0 Å². The minimum Gasteiger partial charge on any atom is -0.496 e. The molecule has 0 bridgehead atoms. The first-order valence-electron chi connectivity index (χ1n) is 6.34. The van der Waals surface area contributed by atoms with Gasteiger partial charge in [-0.25, -0.2) is 0 Å². The molecule has 5 nitrogen and oxygen atoms in total. The summed E-state index contributed by atoms with van der Waals surface area (Å²) < 4.78 is 9.89. The summed E-state index contributed by atoms with van der Waals surface area (Å²) >= 11 is 12.3. The zero-order chi connectivity index (χ0) is 15.6. The number of nitrogens with zero attached hydrogens (tertiary/aromatic N) is 1. The van der Waals surface area contributed by atoms with Crippen molar-refractivity contribution in [3.05, 3.63) is 27.7 Å². The molecule has 1 unspecified atom stereocenters. The molecule has 1 fully saturated rings. The second-order valence-electron chi connectivity index (χ2n) is 4.73. The second kappa shape index (κ2) is 6.54. The first-order chi connectivity index (χ1) is 9.97. The van der Waals surface area contributed by atoms with Crippen molar-refractivity contribution in [2.75, 3.05) is 27.3 Å². The van der Waals surface area contributed by atoms with E-state index in [1.807, 2.05) is 0 Å². The molecule has 0 spiro atoms. The fourth-order valence-corrected chi connectivity index (χ4v) is 2.92. The van der Waals surface area contributed by atoms with Gasteiger partial charge in [0, 0.05) is 24.4 Å². The molecule has 7 heteroatoms. The predicted molar refractivity (Wildman–Crippen MR) is 79.0 cm³/mol. The number of esters is 1. The Kier molecular flexibility index (Phi) is 4.96. The Morgan fingerprint density at radius 1 is 1.38 bits per heavy atom. The Morgan fingerprint density at radius 2 is 2.10 bits per heavy atom. The molecule has 0 aliphatic carbocycles. The van der Waals surface area contributed by atoms with Crippen molar-refractivity contribution in [2.45, 2.75) is 12.3 Å². The third-order valence-corrected chi connectivity index (χ3v) is 4.30. The Labute approximate surface area is 132 Å². The van der Waals surface area contributed by atoms with Crippen LogP contribution in [0.4, 0.5) is 0 Å². The van der Waals surface area contributed by atoms with Crippen LogP contribution in [-0.4, -0.2) is 44.1 Å². The molecule has 21 heavy (non-hydrogen) atoms. The van der Waals surface area contributed by atoms with E-state index in [2.05, 4.69) is 4.74 Å². The van der Waals surface area contributed by atoms with E-state index in [9.17, 15) is 9.59 Å². The van der Waals surface area contributed by atoms with Crippen LogP contribution in [0.2, 0.25) is 10.0 Å². The molecule has 0 N–H and O–H groups in total. The van der Waals surface area contributed by atoms with Crippen LogP contribution >= 0.6 is 23.2 Å². The third-order valence-electron chi connectivity index (χ3n) is 3.48. The van der Waals surface area contributed by atoms with Crippen molar-refractivity contribution in [1.29, 1.82) is 0 Å². The maximum Gasteiger partial charge on any atom is 0.325 e. The van der Waals surface area contributed by atoms with Crippen LogP contribution in [0.15, 0.2) is 12.1 Å². The summed E-state index contributed by atoms with van der Waals surface area (Å²) in [6, 6.07) is 3.37. The molecule has 1 aliphatic rings. The number of amides is 1. The largest absolute Gasteiger partial charge is 0.496 e. The highest BCUT2D eigenvalue weighted by Gasteiger charge is 2.35. The van der Waals surface area contributed by atoms with E-state index >= 15 is 0 Å². The van der Waals surface area contributed by atoms with Crippen molar-refractivity contribution >= 4 is 35.1 Å². The summed E-state index contributed by atoms with van der Waals surface area (Å²) in [4.78, 5) is 24.8. The third kappa shape index (κ3) is 3.24. The zero-order valence-corrected chi connectivity index (χ0v) is 13.2. The Bertz CT molecular complexity index is 576. The highest BCUT2D eigenvalue weighted by molar-refractivity contribution is 6.42. The fraction of sp³-hybridized carbons (Fsp3) is 0.429. The molecule has 0 aromatic heterocycles. The lowest BCUT2D eigenvalue weighted by molar-refractivity contribution is -0.145. The van der Waals surface area contributed by atoms with E-state index in [0.717, 1.165) is 0 Å². The van der Waals surface area contributed by atoms with Gasteiger partial charge in [0.1, 0.15) is 12.3 Å². The molecule has 1 amide bonds. The first kappa shape index (κ1) is 15.9. The van der Waals surface area contributed by atoms with Crippen LogP contribution in [0, 0.1) is 0 Å². The molecule has 114 valence electrons. The van der Waals surface area contributed by atoms with Gasteiger partial charge in [-0.3, -0.25) is 9.59 Å². The number of halogens is 2. The summed E-state index contributed by atoms with van der Waals surface area (Å²) in [6.07, 6.45) is 0.257. The van der Waals surface area contributed by atoms with Crippen molar-refractivity contribution in [3.8, 4) is 5.75 Å². The van der Waals surface area contributed by atoms with Gasteiger partial charge in [0.15, 0.2) is 0 Å². The van der Waals surface area contributed by atoms with Gasteiger partial charge in [0.2, 0.25) is 5.91 Å². The summed E-state index contributed by atoms with van der Waals surface area (Å²) in [5, 5.41) is 0.792. The van der Waals surface area contributed by atoms with Gasteiger partial charge >= 0.3 is 5.97 Å². The quantitative estimate of drug-likeness (QED) is 0.795. The SMILES string of the molecule is COC(=O)CN1CC(c2c(OC)ccc(Cl)c2Cl)CC1=O. The molecule has 1 aromatic carbocycles. The number of benzene rings is 1. The molecular weight excluding hydrogens is 317 g/mol. The van der Waals surface area contributed by atoms with Gasteiger partial charge in [-0.1, -0.05) is 23.2 Å². The number of hydrogen-bond acceptors (Lipinski definition) is 4. The minimum atomic E-state index is -0.451. The van der Waals surface area contributed by atoms with E-state index in [0.29, 0.717) is 27.9 Å². The normalized spacial score (nSPS) is 18.0. The Balaban J connectivity index is 2.26. The van der Waals surface area contributed by atoms with E-state index < -0.39 is 5.97 Å². The second-order valence-corrected chi connectivity index (χ2v) is 5.51. The average Bonchev–Trinajstić information content (AvgIpc) is 2.82. The highest BCUT2D eigenvalue weighted by atomic mass is 35.5. The smallest absolute Gasteiger partial charge is 0.325 e. The number of hydrogen-bond donors (Lipinski definition) is 0. The van der Waals surface area contributed by atoms with Gasteiger partial charge < -0.3 is 14.4 Å². The molecule has 1 atom stereocenters. The first-order valence-corrected chi connectivity index (χ1v) is 7.10.